The number of carbonyl (C=O) groups is 3. The molecular formula is C20H20N2O6. The molecule has 2 aromatic rings. The number of benzene rings is 2. The molecule has 8 nitrogen and oxygen atoms in total. The van der Waals surface area contributed by atoms with Crippen LogP contribution in [0.4, 0.5) is 4.79 Å². The topological polar surface area (TPSA) is 114 Å². The SMILES string of the molecule is CONC(=O)C(CC(=O)O)NC(=O)OCC1c2ccccc2-c2ccccc21. The van der Waals surface area contributed by atoms with Crippen LogP contribution >= 0.6 is 0 Å². The summed E-state index contributed by atoms with van der Waals surface area (Å²) in [7, 11) is 1.21. The van der Waals surface area contributed by atoms with Gasteiger partial charge in [-0.2, -0.15) is 0 Å². The van der Waals surface area contributed by atoms with Gasteiger partial charge in [-0.25, -0.2) is 10.3 Å². The van der Waals surface area contributed by atoms with Crippen molar-refractivity contribution in [3.05, 3.63) is 59.7 Å². The second-order valence-electron chi connectivity index (χ2n) is 6.29. The quantitative estimate of drug-likeness (QED) is 0.630. The van der Waals surface area contributed by atoms with Crippen LogP contribution in [-0.4, -0.2) is 42.8 Å². The zero-order valence-electron chi connectivity index (χ0n) is 15.2. The molecule has 1 unspecified atom stereocenters. The van der Waals surface area contributed by atoms with E-state index in [0.29, 0.717) is 0 Å². The maximum Gasteiger partial charge on any atom is 0.407 e. The summed E-state index contributed by atoms with van der Waals surface area (Å²) in [5.41, 5.74) is 6.30. The number of hydroxylamine groups is 1. The molecule has 0 fully saturated rings. The van der Waals surface area contributed by atoms with E-state index in [-0.39, 0.29) is 12.5 Å². The number of hydrogen-bond acceptors (Lipinski definition) is 5. The molecule has 3 rings (SSSR count). The second kappa shape index (κ2) is 8.53. The fourth-order valence-electron chi connectivity index (χ4n) is 3.34. The highest BCUT2D eigenvalue weighted by atomic mass is 16.6. The molecule has 0 heterocycles. The first-order valence-electron chi connectivity index (χ1n) is 8.67. The first-order chi connectivity index (χ1) is 13.5. The number of fused-ring (bicyclic) bond motifs is 3. The van der Waals surface area contributed by atoms with E-state index in [9.17, 15) is 14.4 Å². The van der Waals surface area contributed by atoms with Crippen molar-refractivity contribution >= 4 is 18.0 Å². The number of alkyl carbamates (subject to hydrolysis) is 1. The minimum Gasteiger partial charge on any atom is -0.481 e. The number of hydrogen-bond donors (Lipinski definition) is 3. The third kappa shape index (κ3) is 4.12. The van der Waals surface area contributed by atoms with Crippen LogP contribution < -0.4 is 10.8 Å². The van der Waals surface area contributed by atoms with Crippen molar-refractivity contribution in [2.75, 3.05) is 13.7 Å². The highest BCUT2D eigenvalue weighted by molar-refractivity contribution is 5.88. The summed E-state index contributed by atoms with van der Waals surface area (Å²) in [4.78, 5) is 39.4. The molecule has 1 aliphatic rings. The Morgan fingerprint density at radius 2 is 1.61 bits per heavy atom. The Hall–Kier alpha value is -3.39. The molecular weight excluding hydrogens is 364 g/mol. The first kappa shape index (κ1) is 19.4. The van der Waals surface area contributed by atoms with E-state index in [0.717, 1.165) is 22.3 Å². The predicted molar refractivity (Wildman–Crippen MR) is 99.4 cm³/mol. The molecule has 0 bridgehead atoms. The normalized spacial score (nSPS) is 13.2. The molecule has 28 heavy (non-hydrogen) atoms. The van der Waals surface area contributed by atoms with Crippen molar-refractivity contribution in [1.29, 1.82) is 0 Å². The molecule has 2 aromatic carbocycles. The maximum atomic E-state index is 12.2. The Morgan fingerprint density at radius 3 is 2.14 bits per heavy atom. The van der Waals surface area contributed by atoms with Gasteiger partial charge in [0.15, 0.2) is 0 Å². The summed E-state index contributed by atoms with van der Waals surface area (Å²) in [5, 5.41) is 11.2. The number of carbonyl (C=O) groups excluding carboxylic acids is 2. The average molecular weight is 384 g/mol. The zero-order chi connectivity index (χ0) is 20.1. The van der Waals surface area contributed by atoms with Crippen molar-refractivity contribution in [2.24, 2.45) is 0 Å². The van der Waals surface area contributed by atoms with Crippen LogP contribution in [0.5, 0.6) is 0 Å². The lowest BCUT2D eigenvalue weighted by Crippen LogP contribution is -2.47. The number of nitrogens with one attached hydrogen (secondary N) is 2. The molecule has 8 heteroatoms. The summed E-state index contributed by atoms with van der Waals surface area (Å²) >= 11 is 0. The molecule has 2 amide bonds. The van der Waals surface area contributed by atoms with Crippen LogP contribution in [0.2, 0.25) is 0 Å². The second-order valence-corrected chi connectivity index (χ2v) is 6.29. The Balaban J connectivity index is 1.69. The summed E-state index contributed by atoms with van der Waals surface area (Å²) in [6, 6.07) is 14.5. The van der Waals surface area contributed by atoms with E-state index in [1.807, 2.05) is 54.0 Å². The fourth-order valence-corrected chi connectivity index (χ4v) is 3.34. The monoisotopic (exact) mass is 384 g/mol. The van der Waals surface area contributed by atoms with Gasteiger partial charge in [-0.3, -0.25) is 14.4 Å². The van der Waals surface area contributed by atoms with Crippen molar-refractivity contribution < 1.29 is 29.1 Å². The third-order valence-electron chi connectivity index (χ3n) is 4.53. The van der Waals surface area contributed by atoms with E-state index in [1.54, 1.807) is 0 Å². The smallest absolute Gasteiger partial charge is 0.407 e. The lowest BCUT2D eigenvalue weighted by Gasteiger charge is -2.18. The van der Waals surface area contributed by atoms with Gasteiger partial charge in [0, 0.05) is 5.92 Å². The summed E-state index contributed by atoms with van der Waals surface area (Å²) in [5.74, 6) is -2.16. The fraction of sp³-hybridized carbons (Fsp3) is 0.250. The highest BCUT2D eigenvalue weighted by Gasteiger charge is 2.30. The van der Waals surface area contributed by atoms with Crippen molar-refractivity contribution in [3.63, 3.8) is 0 Å². The summed E-state index contributed by atoms with van der Waals surface area (Å²) < 4.78 is 5.32. The number of carboxylic acids is 1. The van der Waals surface area contributed by atoms with Gasteiger partial charge in [-0.1, -0.05) is 48.5 Å². The lowest BCUT2D eigenvalue weighted by atomic mass is 9.98. The van der Waals surface area contributed by atoms with Gasteiger partial charge in [0.25, 0.3) is 5.91 Å². The van der Waals surface area contributed by atoms with Crippen LogP contribution in [0.1, 0.15) is 23.5 Å². The zero-order valence-corrected chi connectivity index (χ0v) is 15.2. The van der Waals surface area contributed by atoms with E-state index >= 15 is 0 Å². The molecule has 0 aromatic heterocycles. The van der Waals surface area contributed by atoms with Gasteiger partial charge in [0.2, 0.25) is 0 Å². The average Bonchev–Trinajstić information content (AvgIpc) is 3.00. The number of ether oxygens (including phenoxy) is 1. The van der Waals surface area contributed by atoms with Crippen LogP contribution in [0.15, 0.2) is 48.5 Å². The van der Waals surface area contributed by atoms with Gasteiger partial charge in [-0.15, -0.1) is 0 Å². The summed E-state index contributed by atoms with van der Waals surface area (Å²) in [6.45, 7) is 0.0611. The van der Waals surface area contributed by atoms with Crippen molar-refractivity contribution in [3.8, 4) is 11.1 Å². The number of carboxylic acid groups (broad SMARTS) is 1. The number of rotatable bonds is 7. The van der Waals surface area contributed by atoms with E-state index < -0.39 is 30.4 Å². The molecule has 146 valence electrons. The van der Waals surface area contributed by atoms with Crippen LogP contribution in [0, 0.1) is 0 Å². The molecule has 1 aliphatic carbocycles. The molecule has 0 spiro atoms. The largest absolute Gasteiger partial charge is 0.481 e. The van der Waals surface area contributed by atoms with Crippen molar-refractivity contribution in [2.45, 2.75) is 18.4 Å². The summed E-state index contributed by atoms with van der Waals surface area (Å²) in [6.07, 6.45) is -1.47. The van der Waals surface area contributed by atoms with Gasteiger partial charge >= 0.3 is 12.1 Å². The molecule has 3 N–H and O–H groups in total. The lowest BCUT2D eigenvalue weighted by molar-refractivity contribution is -0.142. The van der Waals surface area contributed by atoms with E-state index in [4.69, 9.17) is 9.84 Å². The van der Waals surface area contributed by atoms with Crippen LogP contribution in [0.25, 0.3) is 11.1 Å². The molecule has 1 atom stereocenters. The Kier molecular flexibility index (Phi) is 5.90. The Labute approximate surface area is 161 Å². The molecule has 0 radical (unpaired) electrons. The highest BCUT2D eigenvalue weighted by Crippen LogP contribution is 2.44. The predicted octanol–water partition coefficient (Wildman–Crippen LogP) is 2.05. The minimum atomic E-state index is -1.31. The maximum absolute atomic E-state index is 12.2. The van der Waals surface area contributed by atoms with Gasteiger partial charge < -0.3 is 15.2 Å². The molecule has 0 aliphatic heterocycles. The minimum absolute atomic E-state index is 0.0611. The first-order valence-corrected chi connectivity index (χ1v) is 8.67. The molecule has 0 saturated carbocycles. The van der Waals surface area contributed by atoms with Crippen molar-refractivity contribution in [1.82, 2.24) is 10.8 Å². The van der Waals surface area contributed by atoms with Crippen LogP contribution in [0.3, 0.4) is 0 Å². The standard InChI is InChI=1S/C20H20N2O6/c1-27-22-19(25)17(10-18(23)24)21-20(26)28-11-16-14-8-4-2-6-12(14)13-7-3-5-9-15(13)16/h2-9,16-17H,10-11H2,1H3,(H,21,26)(H,22,25)(H,23,24). The third-order valence-corrected chi connectivity index (χ3v) is 4.53. The van der Waals surface area contributed by atoms with Crippen LogP contribution in [-0.2, 0) is 19.2 Å². The number of aliphatic carboxylic acids is 1. The Morgan fingerprint density at radius 1 is 1.04 bits per heavy atom. The van der Waals surface area contributed by atoms with Gasteiger partial charge in [0.1, 0.15) is 12.6 Å². The van der Waals surface area contributed by atoms with Gasteiger partial charge in [0.05, 0.1) is 13.5 Å². The Bertz CT molecular complexity index is 852. The van der Waals surface area contributed by atoms with E-state index in [2.05, 4.69) is 10.2 Å². The number of amides is 2. The van der Waals surface area contributed by atoms with Gasteiger partial charge in [-0.05, 0) is 22.3 Å². The molecule has 0 saturated heterocycles. The van der Waals surface area contributed by atoms with E-state index in [1.165, 1.54) is 7.11 Å².